The molecule has 0 amide bonds. The Labute approximate surface area is 173 Å². The molecule has 1 heterocycles. The van der Waals surface area contributed by atoms with Crippen LogP contribution in [0.25, 0.3) is 0 Å². The lowest BCUT2D eigenvalue weighted by atomic mass is 9.46. The third kappa shape index (κ3) is 3.54. The van der Waals surface area contributed by atoms with Crippen molar-refractivity contribution in [1.82, 2.24) is 0 Å². The van der Waals surface area contributed by atoms with Crippen molar-refractivity contribution < 1.29 is 9.31 Å². The minimum atomic E-state index is -2.00. The van der Waals surface area contributed by atoms with E-state index in [1.54, 1.807) is 0 Å². The van der Waals surface area contributed by atoms with Crippen LogP contribution in [-0.2, 0) is 9.31 Å². The number of aliphatic imine (C=N–C) groups is 1. The summed E-state index contributed by atoms with van der Waals surface area (Å²) in [5, 5.41) is 0. The normalized spacial score (nSPS) is 19.8. The maximum atomic E-state index is 6.84. The molecule has 0 atom stereocenters. The van der Waals surface area contributed by atoms with Crippen molar-refractivity contribution in [3.8, 4) is 0 Å². The second-order valence-electron chi connectivity index (χ2n) is 8.58. The summed E-state index contributed by atoms with van der Waals surface area (Å²) in [7, 11) is 0. The van der Waals surface area contributed by atoms with Crippen molar-refractivity contribution in [3.63, 3.8) is 0 Å². The van der Waals surface area contributed by atoms with Crippen LogP contribution in [0.4, 0.5) is 5.69 Å². The van der Waals surface area contributed by atoms with Crippen LogP contribution in [0.15, 0.2) is 96.0 Å². The Bertz CT molecular complexity index is 983. The Morgan fingerprint density at radius 1 is 0.655 bits per heavy atom. The third-order valence-electron chi connectivity index (χ3n) is 6.04. The number of rotatable bonds is 4. The van der Waals surface area contributed by atoms with Gasteiger partial charge in [0.05, 0.1) is 5.69 Å². The van der Waals surface area contributed by atoms with Crippen molar-refractivity contribution in [1.29, 1.82) is 0 Å². The van der Waals surface area contributed by atoms with Crippen molar-refractivity contribution in [2.45, 2.75) is 38.9 Å². The van der Waals surface area contributed by atoms with Gasteiger partial charge in [-0.1, -0.05) is 78.9 Å². The van der Waals surface area contributed by atoms with Gasteiger partial charge in [-0.3, -0.25) is 4.99 Å². The van der Waals surface area contributed by atoms with E-state index in [-0.39, 0.29) is 0 Å². The zero-order valence-corrected chi connectivity index (χ0v) is 17.5. The lowest BCUT2D eigenvalue weighted by Crippen LogP contribution is -2.59. The highest BCUT2D eigenvalue weighted by atomic mass is 16.7. The number of hydrogen-bond acceptors (Lipinski definition) is 3. The van der Waals surface area contributed by atoms with Gasteiger partial charge in [0, 0.05) is 11.2 Å². The van der Waals surface area contributed by atoms with Crippen LogP contribution in [-0.4, -0.2) is 23.4 Å². The molecular weight excluding hydrogens is 357 g/mol. The standard InChI is InChI=1S/C25H27BNO2/c1-24(2)25(3,4)29-26(28-24,21-16-10-6-11-17-21)23(20-14-8-5-9-15-20)27-22-18-12-7-13-19-22/h5-19H,1-4H3/q-1. The average Bonchev–Trinajstić information content (AvgIpc) is 2.93. The number of hydrogen-bond donors (Lipinski definition) is 0. The van der Waals surface area contributed by atoms with Gasteiger partial charge in [-0.05, 0) is 51.0 Å². The predicted octanol–water partition coefficient (Wildman–Crippen LogP) is 5.30. The molecule has 1 saturated heterocycles. The molecule has 0 unspecified atom stereocenters. The van der Waals surface area contributed by atoms with E-state index in [2.05, 4.69) is 52.0 Å². The maximum Gasteiger partial charge on any atom is 0.318 e. The summed E-state index contributed by atoms with van der Waals surface area (Å²) >= 11 is 0. The van der Waals surface area contributed by atoms with E-state index >= 15 is 0 Å². The fourth-order valence-corrected chi connectivity index (χ4v) is 3.87. The predicted molar refractivity (Wildman–Crippen MR) is 121 cm³/mol. The van der Waals surface area contributed by atoms with Gasteiger partial charge in [-0.15, -0.1) is 5.46 Å². The topological polar surface area (TPSA) is 30.8 Å². The first-order chi connectivity index (χ1) is 13.8. The third-order valence-corrected chi connectivity index (χ3v) is 6.04. The fraction of sp³-hybridized carbons (Fsp3) is 0.240. The molecule has 3 nitrogen and oxygen atoms in total. The quantitative estimate of drug-likeness (QED) is 0.452. The first-order valence-corrected chi connectivity index (χ1v) is 10.1. The van der Waals surface area contributed by atoms with E-state index in [1.165, 1.54) is 0 Å². The molecule has 0 aliphatic carbocycles. The van der Waals surface area contributed by atoms with E-state index in [1.807, 2.05) is 66.7 Å². The summed E-state index contributed by atoms with van der Waals surface area (Å²) in [5.74, 6) is 0. The van der Waals surface area contributed by atoms with E-state index in [4.69, 9.17) is 14.3 Å². The van der Waals surface area contributed by atoms with Crippen molar-refractivity contribution in [3.05, 3.63) is 96.6 Å². The fourth-order valence-electron chi connectivity index (χ4n) is 3.87. The Hall–Kier alpha value is -2.69. The largest absolute Gasteiger partial charge is 0.553 e. The molecule has 148 valence electrons. The van der Waals surface area contributed by atoms with Crippen LogP contribution in [0.2, 0.25) is 0 Å². The lowest BCUT2D eigenvalue weighted by Gasteiger charge is -2.39. The van der Waals surface area contributed by atoms with E-state index in [9.17, 15) is 0 Å². The van der Waals surface area contributed by atoms with Gasteiger partial charge in [0.15, 0.2) is 0 Å². The Balaban J connectivity index is 1.99. The molecule has 1 aliphatic heterocycles. The molecule has 4 heteroatoms. The van der Waals surface area contributed by atoms with Crippen LogP contribution in [0, 0.1) is 0 Å². The van der Waals surface area contributed by atoms with Gasteiger partial charge in [0.2, 0.25) is 0 Å². The van der Waals surface area contributed by atoms with Gasteiger partial charge >= 0.3 is 6.55 Å². The molecule has 1 fully saturated rings. The monoisotopic (exact) mass is 384 g/mol. The molecule has 3 aromatic rings. The molecular formula is C25H27BNO2-. The summed E-state index contributed by atoms with van der Waals surface area (Å²) in [6.07, 6.45) is 0. The summed E-state index contributed by atoms with van der Waals surface area (Å²) in [5.41, 5.74) is 2.68. The second kappa shape index (κ2) is 7.29. The first-order valence-electron chi connectivity index (χ1n) is 10.1. The van der Waals surface area contributed by atoms with Crippen molar-refractivity contribution in [2.75, 3.05) is 0 Å². The molecule has 0 bridgehead atoms. The molecule has 0 aromatic heterocycles. The zero-order chi connectivity index (χ0) is 20.5. The van der Waals surface area contributed by atoms with Gasteiger partial charge in [-0.25, -0.2) is 0 Å². The second-order valence-corrected chi connectivity index (χ2v) is 8.58. The van der Waals surface area contributed by atoms with Gasteiger partial charge < -0.3 is 9.31 Å². The Morgan fingerprint density at radius 3 is 1.62 bits per heavy atom. The Kier molecular flexibility index (Phi) is 4.93. The molecule has 4 rings (SSSR count). The highest BCUT2D eigenvalue weighted by Crippen LogP contribution is 2.43. The zero-order valence-electron chi connectivity index (χ0n) is 17.5. The van der Waals surface area contributed by atoms with E-state index in [0.29, 0.717) is 0 Å². The SMILES string of the molecule is CC1(C)O[B-](C(=Nc2ccccc2)c2ccccc2)(c2ccccc2)OC1(C)C. The number of nitrogens with zero attached hydrogens (tertiary/aromatic N) is 1. The van der Waals surface area contributed by atoms with Crippen LogP contribution in [0.1, 0.15) is 33.3 Å². The van der Waals surface area contributed by atoms with Crippen LogP contribution in [0.5, 0.6) is 0 Å². The summed E-state index contributed by atoms with van der Waals surface area (Å²) in [6.45, 7) is 6.35. The summed E-state index contributed by atoms with van der Waals surface area (Å²) < 4.78 is 13.7. The number of benzene rings is 3. The first kappa shape index (κ1) is 19.6. The molecule has 29 heavy (non-hydrogen) atoms. The lowest BCUT2D eigenvalue weighted by molar-refractivity contribution is 0.00578. The highest BCUT2D eigenvalue weighted by molar-refractivity contribution is 7.09. The van der Waals surface area contributed by atoms with Crippen LogP contribution >= 0.6 is 0 Å². The number of para-hydroxylation sites is 1. The molecule has 1 aliphatic rings. The summed E-state index contributed by atoms with van der Waals surface area (Å²) in [6, 6.07) is 30.4. The smallest absolute Gasteiger partial charge is 0.318 e. The average molecular weight is 384 g/mol. The van der Waals surface area contributed by atoms with E-state index in [0.717, 1.165) is 22.3 Å². The maximum absolute atomic E-state index is 6.84. The van der Waals surface area contributed by atoms with Gasteiger partial charge in [-0.2, -0.15) is 0 Å². The molecule has 0 N–H and O–H groups in total. The van der Waals surface area contributed by atoms with Crippen molar-refractivity contribution in [2.24, 2.45) is 4.99 Å². The molecule has 0 radical (unpaired) electrons. The van der Waals surface area contributed by atoms with Crippen LogP contribution in [0.3, 0.4) is 0 Å². The van der Waals surface area contributed by atoms with Crippen molar-refractivity contribution >= 4 is 23.3 Å². The van der Waals surface area contributed by atoms with Gasteiger partial charge in [0.25, 0.3) is 0 Å². The van der Waals surface area contributed by atoms with Crippen LogP contribution < -0.4 is 5.46 Å². The molecule has 0 spiro atoms. The Morgan fingerprint density at radius 2 is 1.10 bits per heavy atom. The molecule has 0 saturated carbocycles. The summed E-state index contributed by atoms with van der Waals surface area (Å²) in [4.78, 5) is 5.08. The minimum Gasteiger partial charge on any atom is -0.553 e. The minimum absolute atomic E-state index is 0.491. The highest BCUT2D eigenvalue weighted by Gasteiger charge is 2.54. The molecule has 3 aromatic carbocycles. The van der Waals surface area contributed by atoms with Gasteiger partial charge in [0.1, 0.15) is 0 Å². The van der Waals surface area contributed by atoms with E-state index < -0.39 is 17.8 Å².